The fourth-order valence-electron chi connectivity index (χ4n) is 2.92. The number of anilines is 1. The van der Waals surface area contributed by atoms with E-state index in [0.717, 1.165) is 36.9 Å². The number of ether oxygens (including phenoxy) is 1. The Hall–Kier alpha value is -2.51. The minimum Gasteiger partial charge on any atom is -0.491 e. The van der Waals surface area contributed by atoms with E-state index in [9.17, 15) is 9.50 Å². The topological polar surface area (TPSA) is 74.3 Å². The number of aliphatic hydroxyl groups is 1. The molecule has 1 saturated heterocycles. The summed E-state index contributed by atoms with van der Waals surface area (Å²) in [7, 11) is 0. The molecule has 6 nitrogen and oxygen atoms in total. The van der Waals surface area contributed by atoms with E-state index in [1.807, 2.05) is 29.2 Å². The normalized spacial score (nSPS) is 16.2. The maximum absolute atomic E-state index is 12.9. The Balaban J connectivity index is 1.42. The zero-order valence-electron chi connectivity index (χ0n) is 15.5. The Labute approximate surface area is 169 Å². The zero-order chi connectivity index (χ0) is 19.9. The van der Waals surface area contributed by atoms with Crippen LogP contribution in [-0.4, -0.2) is 61.4 Å². The van der Waals surface area contributed by atoms with E-state index in [0.29, 0.717) is 11.7 Å². The predicted octanol–water partition coefficient (Wildman–Crippen LogP) is 2.36. The third kappa shape index (κ3) is 5.74. The molecule has 0 aromatic heterocycles. The van der Waals surface area contributed by atoms with Crippen LogP contribution in [0.25, 0.3) is 0 Å². The van der Waals surface area contributed by atoms with E-state index in [1.165, 1.54) is 24.3 Å². The molecule has 1 heterocycles. The molecule has 1 aliphatic heterocycles. The number of piperazine rings is 1. The van der Waals surface area contributed by atoms with E-state index in [2.05, 4.69) is 9.89 Å². The summed E-state index contributed by atoms with van der Waals surface area (Å²) in [5.74, 6) is 0.578. The second-order valence-corrected chi connectivity index (χ2v) is 7.00. The highest BCUT2D eigenvalue weighted by molar-refractivity contribution is 6.30. The molecule has 0 amide bonds. The molecule has 2 aromatic carbocycles. The van der Waals surface area contributed by atoms with Crippen LogP contribution in [0.15, 0.2) is 53.5 Å². The van der Waals surface area contributed by atoms with Crippen molar-refractivity contribution in [3.8, 4) is 5.75 Å². The molecule has 1 aliphatic rings. The van der Waals surface area contributed by atoms with Gasteiger partial charge in [-0.15, -0.1) is 0 Å². The van der Waals surface area contributed by atoms with Gasteiger partial charge in [0.05, 0.1) is 6.54 Å². The number of benzene rings is 2. The van der Waals surface area contributed by atoms with Gasteiger partial charge in [-0.2, -0.15) is 0 Å². The highest BCUT2D eigenvalue weighted by Crippen LogP contribution is 2.19. The van der Waals surface area contributed by atoms with E-state index in [4.69, 9.17) is 22.1 Å². The summed E-state index contributed by atoms with van der Waals surface area (Å²) in [6, 6.07) is 13.4. The van der Waals surface area contributed by atoms with Gasteiger partial charge in [0.25, 0.3) is 0 Å². The second-order valence-electron chi connectivity index (χ2n) is 6.57. The number of hydrogen-bond donors (Lipinski definition) is 2. The summed E-state index contributed by atoms with van der Waals surface area (Å²) in [6.45, 7) is 3.36. The van der Waals surface area contributed by atoms with Crippen LogP contribution in [0.5, 0.6) is 5.75 Å². The van der Waals surface area contributed by atoms with Gasteiger partial charge in [0.15, 0.2) is 5.96 Å². The van der Waals surface area contributed by atoms with E-state index < -0.39 is 6.10 Å². The van der Waals surface area contributed by atoms with E-state index in [1.54, 1.807) is 0 Å². The Bertz CT molecular complexity index is 778. The van der Waals surface area contributed by atoms with Gasteiger partial charge in [-0.25, -0.2) is 4.39 Å². The van der Waals surface area contributed by atoms with Gasteiger partial charge in [0, 0.05) is 36.9 Å². The number of guanidine groups is 1. The number of aliphatic imine (C=N–C) groups is 1. The fourth-order valence-corrected chi connectivity index (χ4v) is 3.05. The van der Waals surface area contributed by atoms with Gasteiger partial charge in [-0.05, 0) is 48.5 Å². The molecule has 8 heteroatoms. The minimum absolute atomic E-state index is 0.0623. The Morgan fingerprint density at radius 1 is 1.11 bits per heavy atom. The summed E-state index contributed by atoms with van der Waals surface area (Å²) < 4.78 is 18.3. The highest BCUT2D eigenvalue weighted by Gasteiger charge is 2.18. The summed E-state index contributed by atoms with van der Waals surface area (Å²) in [5.41, 5.74) is 7.20. The molecule has 0 spiro atoms. The van der Waals surface area contributed by atoms with Gasteiger partial charge in [0.1, 0.15) is 24.3 Å². The second kappa shape index (κ2) is 9.61. The molecule has 3 rings (SSSR count). The first-order valence-corrected chi connectivity index (χ1v) is 9.51. The lowest BCUT2D eigenvalue weighted by Gasteiger charge is -2.36. The number of nitrogens with two attached hydrogens (primary N) is 1. The summed E-state index contributed by atoms with van der Waals surface area (Å²) in [6.07, 6.45) is -0.793. The molecule has 1 atom stereocenters. The van der Waals surface area contributed by atoms with Gasteiger partial charge < -0.3 is 25.4 Å². The largest absolute Gasteiger partial charge is 0.491 e. The lowest BCUT2D eigenvalue weighted by molar-refractivity contribution is 0.114. The molecular weight excluding hydrogens is 383 g/mol. The summed E-state index contributed by atoms with van der Waals surface area (Å²) in [5, 5.41) is 10.7. The molecule has 0 aliphatic carbocycles. The third-order valence-electron chi connectivity index (χ3n) is 4.52. The molecule has 3 N–H and O–H groups in total. The van der Waals surface area contributed by atoms with E-state index in [-0.39, 0.29) is 19.0 Å². The van der Waals surface area contributed by atoms with Crippen LogP contribution < -0.4 is 15.4 Å². The van der Waals surface area contributed by atoms with Gasteiger partial charge in [0.2, 0.25) is 0 Å². The van der Waals surface area contributed by atoms with Crippen molar-refractivity contribution < 1.29 is 14.2 Å². The lowest BCUT2D eigenvalue weighted by atomic mass is 10.2. The van der Waals surface area contributed by atoms with Crippen molar-refractivity contribution in [3.05, 3.63) is 59.4 Å². The van der Waals surface area contributed by atoms with Gasteiger partial charge in [-0.1, -0.05) is 11.6 Å². The van der Waals surface area contributed by atoms with Crippen molar-refractivity contribution in [2.24, 2.45) is 10.7 Å². The number of hydrogen-bond acceptors (Lipinski definition) is 4. The SMILES string of the molecule is NC(=NCC(O)COc1ccc(F)cc1)N1CCN(c2ccc(Cl)cc2)CC1. The van der Waals surface area contributed by atoms with Crippen LogP contribution >= 0.6 is 11.6 Å². The predicted molar refractivity (Wildman–Crippen MR) is 110 cm³/mol. The first-order valence-electron chi connectivity index (χ1n) is 9.13. The monoisotopic (exact) mass is 406 g/mol. The standard InChI is InChI=1S/C20H24ClFN4O2/c21-15-1-5-17(6-2-15)25-9-11-26(12-10-25)20(23)24-13-18(27)14-28-19-7-3-16(22)4-8-19/h1-8,18,27H,9-14H2,(H2,23,24). The third-order valence-corrected chi connectivity index (χ3v) is 4.77. The molecule has 28 heavy (non-hydrogen) atoms. The average Bonchev–Trinajstić information content (AvgIpc) is 2.72. The van der Waals surface area contributed by atoms with Crippen LogP contribution in [0.2, 0.25) is 5.02 Å². The lowest BCUT2D eigenvalue weighted by Crippen LogP contribution is -2.51. The highest BCUT2D eigenvalue weighted by atomic mass is 35.5. The van der Waals surface area contributed by atoms with E-state index >= 15 is 0 Å². The molecule has 1 fully saturated rings. The first kappa shape index (κ1) is 20.2. The first-order chi connectivity index (χ1) is 13.5. The van der Waals surface area contributed by atoms with Crippen molar-refractivity contribution in [1.29, 1.82) is 0 Å². The summed E-state index contributed by atoms with van der Waals surface area (Å²) in [4.78, 5) is 8.55. The Morgan fingerprint density at radius 3 is 2.39 bits per heavy atom. The number of halogens is 2. The van der Waals surface area contributed by atoms with Crippen molar-refractivity contribution in [2.45, 2.75) is 6.10 Å². The molecule has 0 radical (unpaired) electrons. The molecule has 0 saturated carbocycles. The molecule has 2 aromatic rings. The maximum Gasteiger partial charge on any atom is 0.191 e. The van der Waals surface area contributed by atoms with Crippen LogP contribution in [0, 0.1) is 5.82 Å². The number of aliphatic hydroxyl groups excluding tert-OH is 1. The quantitative estimate of drug-likeness (QED) is 0.569. The maximum atomic E-state index is 12.9. The van der Waals surface area contributed by atoms with Crippen molar-refractivity contribution >= 4 is 23.2 Å². The fraction of sp³-hybridized carbons (Fsp3) is 0.350. The average molecular weight is 407 g/mol. The summed E-state index contributed by atoms with van der Waals surface area (Å²) >= 11 is 5.94. The zero-order valence-corrected chi connectivity index (χ0v) is 16.2. The molecule has 0 bridgehead atoms. The van der Waals surface area contributed by atoms with Crippen LogP contribution in [0.1, 0.15) is 0 Å². The smallest absolute Gasteiger partial charge is 0.191 e. The molecule has 1 unspecified atom stereocenters. The van der Waals surface area contributed by atoms with Gasteiger partial charge in [-0.3, -0.25) is 4.99 Å². The number of rotatable bonds is 6. The van der Waals surface area contributed by atoms with Crippen LogP contribution in [0.3, 0.4) is 0 Å². The van der Waals surface area contributed by atoms with Crippen molar-refractivity contribution in [2.75, 3.05) is 44.2 Å². The van der Waals surface area contributed by atoms with Gasteiger partial charge >= 0.3 is 0 Å². The van der Waals surface area contributed by atoms with Crippen LogP contribution in [-0.2, 0) is 0 Å². The van der Waals surface area contributed by atoms with Crippen LogP contribution in [0.4, 0.5) is 10.1 Å². The number of nitrogens with zero attached hydrogens (tertiary/aromatic N) is 3. The Kier molecular flexibility index (Phi) is 6.95. The minimum atomic E-state index is -0.793. The molecule has 150 valence electrons. The Morgan fingerprint density at radius 2 is 1.75 bits per heavy atom. The molecular formula is C20H24ClFN4O2. The van der Waals surface area contributed by atoms with Crippen molar-refractivity contribution in [3.63, 3.8) is 0 Å². The van der Waals surface area contributed by atoms with Crippen molar-refractivity contribution in [1.82, 2.24) is 4.90 Å².